The highest BCUT2D eigenvalue weighted by Crippen LogP contribution is 2.24. The van der Waals surface area contributed by atoms with Crippen LogP contribution in [0.5, 0.6) is 0 Å². The molecule has 0 atom stereocenters. The van der Waals surface area contributed by atoms with Gasteiger partial charge in [0.25, 0.3) is 5.91 Å². The van der Waals surface area contributed by atoms with Gasteiger partial charge in [-0.3, -0.25) is 4.79 Å². The summed E-state index contributed by atoms with van der Waals surface area (Å²) in [6, 6.07) is 7.07. The highest BCUT2D eigenvalue weighted by atomic mass is 32.1. The van der Waals surface area contributed by atoms with Crippen molar-refractivity contribution in [3.63, 3.8) is 0 Å². The quantitative estimate of drug-likeness (QED) is 0.762. The molecule has 0 unspecified atom stereocenters. The monoisotopic (exact) mass is 285 g/mol. The summed E-state index contributed by atoms with van der Waals surface area (Å²) in [7, 11) is 0. The van der Waals surface area contributed by atoms with E-state index in [2.05, 4.69) is 20.3 Å². The highest BCUT2D eigenvalue weighted by molar-refractivity contribution is 7.22. The van der Waals surface area contributed by atoms with Gasteiger partial charge in [0.15, 0.2) is 5.13 Å². The predicted molar refractivity (Wildman–Crippen MR) is 77.2 cm³/mol. The summed E-state index contributed by atoms with van der Waals surface area (Å²) in [6.45, 7) is 0.365. The Bertz CT molecular complexity index is 756. The van der Waals surface area contributed by atoms with Gasteiger partial charge < -0.3 is 11.1 Å². The van der Waals surface area contributed by atoms with Gasteiger partial charge in [-0.25, -0.2) is 15.0 Å². The number of carbonyl (C=O) groups is 1. The third-order valence-electron chi connectivity index (χ3n) is 2.74. The van der Waals surface area contributed by atoms with Gasteiger partial charge in [0.05, 0.1) is 22.5 Å². The van der Waals surface area contributed by atoms with E-state index in [-0.39, 0.29) is 5.91 Å². The van der Waals surface area contributed by atoms with Crippen LogP contribution in [0.2, 0.25) is 0 Å². The van der Waals surface area contributed by atoms with Crippen molar-refractivity contribution in [2.75, 3.05) is 5.73 Å². The minimum absolute atomic E-state index is 0.155. The molecule has 3 N–H and O–H groups in total. The molecule has 3 rings (SSSR count). The number of rotatable bonds is 3. The first kappa shape index (κ1) is 12.5. The number of carbonyl (C=O) groups excluding carboxylic acids is 1. The van der Waals surface area contributed by atoms with E-state index < -0.39 is 0 Å². The Morgan fingerprint density at radius 1 is 1.35 bits per heavy atom. The van der Waals surface area contributed by atoms with Crippen molar-refractivity contribution in [2.24, 2.45) is 0 Å². The summed E-state index contributed by atoms with van der Waals surface area (Å²) in [5, 5.41) is 3.31. The number of nitrogens with one attached hydrogen (secondary N) is 1. The number of aromatic nitrogens is 3. The fourth-order valence-electron chi connectivity index (χ4n) is 1.78. The molecule has 100 valence electrons. The molecule has 3 aromatic rings. The topological polar surface area (TPSA) is 93.8 Å². The average Bonchev–Trinajstić information content (AvgIpc) is 2.85. The second-order valence-corrected chi connectivity index (χ2v) is 5.18. The van der Waals surface area contributed by atoms with Crippen molar-refractivity contribution in [1.82, 2.24) is 20.3 Å². The van der Waals surface area contributed by atoms with Gasteiger partial charge in [-0.2, -0.15) is 0 Å². The van der Waals surface area contributed by atoms with Crippen LogP contribution in [0.1, 0.15) is 16.1 Å². The van der Waals surface area contributed by atoms with Crippen molar-refractivity contribution >= 4 is 32.6 Å². The third-order valence-corrected chi connectivity index (χ3v) is 3.59. The van der Waals surface area contributed by atoms with Gasteiger partial charge in [-0.15, -0.1) is 0 Å². The van der Waals surface area contributed by atoms with E-state index in [4.69, 9.17) is 5.73 Å². The van der Waals surface area contributed by atoms with Crippen molar-refractivity contribution in [3.8, 4) is 0 Å². The van der Waals surface area contributed by atoms with Gasteiger partial charge in [0.2, 0.25) is 0 Å². The summed E-state index contributed by atoms with van der Waals surface area (Å²) in [6.07, 6.45) is 3.09. The molecule has 7 heteroatoms. The van der Waals surface area contributed by atoms with Crippen molar-refractivity contribution in [1.29, 1.82) is 0 Å². The summed E-state index contributed by atoms with van der Waals surface area (Å²) in [5.74, 6) is -0.155. The molecule has 0 fully saturated rings. The second-order valence-electron chi connectivity index (χ2n) is 4.12. The van der Waals surface area contributed by atoms with E-state index in [1.807, 2.05) is 0 Å². The Balaban J connectivity index is 1.75. The number of hydrogen-bond acceptors (Lipinski definition) is 6. The van der Waals surface area contributed by atoms with E-state index in [1.165, 1.54) is 17.7 Å². The van der Waals surface area contributed by atoms with E-state index in [0.717, 1.165) is 15.9 Å². The molecule has 0 spiro atoms. The largest absolute Gasteiger partial charge is 0.375 e. The minimum Gasteiger partial charge on any atom is -0.375 e. The van der Waals surface area contributed by atoms with Gasteiger partial charge in [0, 0.05) is 11.8 Å². The molecule has 0 aliphatic rings. The maximum absolute atomic E-state index is 12.1. The fraction of sp³-hybridized carbons (Fsp3) is 0.0769. The number of benzene rings is 1. The predicted octanol–water partition coefficient (Wildman–Crippen LogP) is 1.60. The van der Waals surface area contributed by atoms with Crippen LogP contribution in [0.3, 0.4) is 0 Å². The summed E-state index contributed by atoms with van der Waals surface area (Å²) in [4.78, 5) is 24.1. The Kier molecular flexibility index (Phi) is 3.26. The maximum Gasteiger partial charge on any atom is 0.251 e. The molecule has 2 aromatic heterocycles. The lowest BCUT2D eigenvalue weighted by Gasteiger charge is -2.04. The summed E-state index contributed by atoms with van der Waals surface area (Å²) >= 11 is 1.36. The van der Waals surface area contributed by atoms with E-state index >= 15 is 0 Å². The highest BCUT2D eigenvalue weighted by Gasteiger charge is 2.08. The molecule has 2 heterocycles. The van der Waals surface area contributed by atoms with Crippen molar-refractivity contribution < 1.29 is 4.79 Å². The first-order chi connectivity index (χ1) is 9.72. The number of amides is 1. The van der Waals surface area contributed by atoms with Gasteiger partial charge in [0.1, 0.15) is 6.33 Å². The van der Waals surface area contributed by atoms with E-state index in [1.54, 1.807) is 30.5 Å². The smallest absolute Gasteiger partial charge is 0.251 e. The van der Waals surface area contributed by atoms with E-state index in [0.29, 0.717) is 17.2 Å². The van der Waals surface area contributed by atoms with Crippen LogP contribution in [0.4, 0.5) is 5.13 Å². The van der Waals surface area contributed by atoms with Gasteiger partial charge >= 0.3 is 0 Å². The third kappa shape index (κ3) is 2.57. The molecule has 20 heavy (non-hydrogen) atoms. The molecule has 0 saturated heterocycles. The van der Waals surface area contributed by atoms with E-state index in [9.17, 15) is 4.79 Å². The zero-order valence-corrected chi connectivity index (χ0v) is 11.2. The van der Waals surface area contributed by atoms with Crippen LogP contribution < -0.4 is 11.1 Å². The van der Waals surface area contributed by atoms with Crippen LogP contribution in [0, 0.1) is 0 Å². The molecular weight excluding hydrogens is 274 g/mol. The van der Waals surface area contributed by atoms with Crippen molar-refractivity contribution in [3.05, 3.63) is 48.0 Å². The lowest BCUT2D eigenvalue weighted by Crippen LogP contribution is -2.23. The average molecular weight is 285 g/mol. The lowest BCUT2D eigenvalue weighted by molar-refractivity contribution is 0.0950. The summed E-state index contributed by atoms with van der Waals surface area (Å²) < 4.78 is 0.900. The molecule has 0 bridgehead atoms. The Morgan fingerprint density at radius 3 is 3.05 bits per heavy atom. The Hall–Kier alpha value is -2.54. The Morgan fingerprint density at radius 2 is 2.25 bits per heavy atom. The van der Waals surface area contributed by atoms with Gasteiger partial charge in [-0.1, -0.05) is 11.3 Å². The second kappa shape index (κ2) is 5.22. The maximum atomic E-state index is 12.1. The molecule has 0 radical (unpaired) electrons. The number of hydrogen-bond donors (Lipinski definition) is 2. The van der Waals surface area contributed by atoms with Crippen LogP contribution in [-0.4, -0.2) is 20.9 Å². The molecule has 6 nitrogen and oxygen atoms in total. The van der Waals surface area contributed by atoms with Crippen LogP contribution in [-0.2, 0) is 6.54 Å². The molecule has 0 saturated carbocycles. The van der Waals surface area contributed by atoms with Crippen LogP contribution in [0.15, 0.2) is 36.8 Å². The molecule has 1 aromatic carbocycles. The fourth-order valence-corrected chi connectivity index (χ4v) is 2.55. The zero-order chi connectivity index (χ0) is 13.9. The normalized spacial score (nSPS) is 10.6. The standard InChI is InChI=1S/C13H11N5OS/c14-13-18-10-2-1-8(5-11(10)20-13)12(19)16-6-9-3-4-15-7-17-9/h1-5,7H,6H2,(H2,14,18)(H,16,19). The van der Waals surface area contributed by atoms with Crippen LogP contribution >= 0.6 is 11.3 Å². The SMILES string of the molecule is Nc1nc2ccc(C(=O)NCc3ccncn3)cc2s1. The minimum atomic E-state index is -0.155. The lowest BCUT2D eigenvalue weighted by atomic mass is 10.2. The zero-order valence-electron chi connectivity index (χ0n) is 10.4. The summed E-state index contributed by atoms with van der Waals surface area (Å²) in [5.41, 5.74) is 7.79. The number of nitrogens with zero attached hydrogens (tertiary/aromatic N) is 3. The number of fused-ring (bicyclic) bond motifs is 1. The van der Waals surface area contributed by atoms with Crippen LogP contribution in [0.25, 0.3) is 10.2 Å². The first-order valence-electron chi connectivity index (χ1n) is 5.91. The van der Waals surface area contributed by atoms with Gasteiger partial charge in [-0.05, 0) is 24.3 Å². The molecule has 0 aliphatic heterocycles. The van der Waals surface area contributed by atoms with Crippen molar-refractivity contribution in [2.45, 2.75) is 6.54 Å². The Labute approximate surface area is 118 Å². The number of thiazole rings is 1. The number of nitrogen functional groups attached to an aromatic ring is 1. The first-order valence-corrected chi connectivity index (χ1v) is 6.73. The molecule has 1 amide bonds. The molecule has 0 aliphatic carbocycles. The number of nitrogens with two attached hydrogens (primary N) is 1. The molecular formula is C13H11N5OS. The number of anilines is 1.